The van der Waals surface area contributed by atoms with E-state index in [1.54, 1.807) is 0 Å². The molecular weight excluding hydrogens is 859 g/mol. The average Bonchev–Trinajstić information content (AvgIpc) is 3.97. The number of benzene rings is 9. The zero-order valence-electron chi connectivity index (χ0n) is 37.4. The Morgan fingerprint density at radius 1 is 0.362 bits per heavy atom. The second-order valence-corrected chi connectivity index (χ2v) is 18.5. The minimum atomic E-state index is 0.437. The van der Waals surface area contributed by atoms with Gasteiger partial charge in [-0.25, -0.2) is 15.0 Å². The van der Waals surface area contributed by atoms with Crippen molar-refractivity contribution in [1.82, 2.24) is 24.5 Å². The van der Waals surface area contributed by atoms with Gasteiger partial charge >= 0.3 is 0 Å². The van der Waals surface area contributed by atoms with Gasteiger partial charge in [0, 0.05) is 71.5 Å². The maximum absolute atomic E-state index is 5.41. The van der Waals surface area contributed by atoms with Crippen molar-refractivity contribution < 1.29 is 0 Å². The summed E-state index contributed by atoms with van der Waals surface area (Å²) in [7, 11) is 0. The van der Waals surface area contributed by atoms with Crippen LogP contribution < -0.4 is 0 Å². The second-order valence-electron chi connectivity index (χ2n) is 17.4. The van der Waals surface area contributed by atoms with Crippen LogP contribution in [0.25, 0.3) is 115 Å². The van der Waals surface area contributed by atoms with Crippen LogP contribution in [0.1, 0.15) is 11.4 Å². The van der Waals surface area contributed by atoms with Gasteiger partial charge in [0.05, 0.1) is 16.7 Å². The van der Waals surface area contributed by atoms with Gasteiger partial charge in [0.15, 0.2) is 11.6 Å². The number of para-hydroxylation sites is 2. The maximum Gasteiger partial charge on any atom is 0.163 e. The van der Waals surface area contributed by atoms with Crippen LogP contribution in [-0.2, 0) is 6.42 Å². The van der Waals surface area contributed by atoms with Gasteiger partial charge in [0.2, 0.25) is 0 Å². The molecule has 0 fully saturated rings. The lowest BCUT2D eigenvalue weighted by atomic mass is 9.92. The van der Waals surface area contributed by atoms with Gasteiger partial charge in [0.1, 0.15) is 5.82 Å². The Kier molecular flexibility index (Phi) is 10.0. The molecule has 5 nitrogen and oxygen atoms in total. The fraction of sp³-hybridized carbons (Fsp3) is 0.0159. The minimum Gasteiger partial charge on any atom is -0.309 e. The smallest absolute Gasteiger partial charge is 0.163 e. The van der Waals surface area contributed by atoms with Gasteiger partial charge in [-0.05, 0) is 94.0 Å². The number of pyridine rings is 1. The first-order valence-corrected chi connectivity index (χ1v) is 24.1. The number of nitrogens with zero attached hydrogens (tertiary/aromatic N) is 5. The molecule has 0 N–H and O–H groups in total. The van der Waals surface area contributed by atoms with Crippen LogP contribution in [0.5, 0.6) is 0 Å². The predicted molar refractivity (Wildman–Crippen MR) is 287 cm³/mol. The summed E-state index contributed by atoms with van der Waals surface area (Å²) in [5, 5.41) is 5.05. The normalized spacial score (nSPS) is 11.5. The molecule has 0 spiro atoms. The summed E-state index contributed by atoms with van der Waals surface area (Å²) in [4.78, 5) is 20.8. The van der Waals surface area contributed by atoms with E-state index < -0.39 is 0 Å². The molecule has 0 aliphatic carbocycles. The fourth-order valence-corrected chi connectivity index (χ4v) is 11.0. The zero-order valence-corrected chi connectivity index (χ0v) is 38.2. The summed E-state index contributed by atoms with van der Waals surface area (Å²) in [5.41, 5.74) is 15.1. The highest BCUT2D eigenvalue weighted by atomic mass is 32.1. The van der Waals surface area contributed by atoms with Gasteiger partial charge in [-0.1, -0.05) is 170 Å². The number of aromatic nitrogens is 5. The Hall–Kier alpha value is -8.84. The van der Waals surface area contributed by atoms with Crippen molar-refractivity contribution in [1.29, 1.82) is 0 Å². The molecule has 0 radical (unpaired) electrons. The van der Waals surface area contributed by atoms with Crippen molar-refractivity contribution in [3.8, 4) is 73.1 Å². The van der Waals surface area contributed by atoms with Gasteiger partial charge < -0.3 is 4.57 Å². The highest BCUT2D eigenvalue weighted by molar-refractivity contribution is 7.26. The number of fused-ring (bicyclic) bond motifs is 7. The van der Waals surface area contributed by atoms with E-state index in [0.717, 1.165) is 67.0 Å². The number of hydrogen-bond donors (Lipinski definition) is 0. The predicted octanol–water partition coefficient (Wildman–Crippen LogP) is 16.3. The molecule has 9 aromatic carbocycles. The lowest BCUT2D eigenvalue weighted by Gasteiger charge is -2.15. The monoisotopic (exact) mass is 899 g/mol. The highest BCUT2D eigenvalue weighted by Crippen LogP contribution is 2.45. The lowest BCUT2D eigenvalue weighted by Crippen LogP contribution is -2.05. The van der Waals surface area contributed by atoms with Gasteiger partial charge in [-0.3, -0.25) is 4.98 Å². The Balaban J connectivity index is 1.00. The molecule has 4 aromatic heterocycles. The topological polar surface area (TPSA) is 56.5 Å². The van der Waals surface area contributed by atoms with E-state index in [-0.39, 0.29) is 0 Å². The summed E-state index contributed by atoms with van der Waals surface area (Å²) < 4.78 is 4.86. The summed E-state index contributed by atoms with van der Waals surface area (Å²) in [5.74, 6) is 1.95. The summed E-state index contributed by atoms with van der Waals surface area (Å²) in [6, 6.07) is 81.6. The number of hydrogen-bond acceptors (Lipinski definition) is 5. The summed E-state index contributed by atoms with van der Waals surface area (Å²) in [6.45, 7) is 0. The van der Waals surface area contributed by atoms with Crippen molar-refractivity contribution in [2.75, 3.05) is 0 Å². The molecule has 0 aliphatic rings. The Labute approximate surface area is 403 Å². The quantitative estimate of drug-likeness (QED) is 0.145. The SMILES string of the molecule is c1ccc(-c2cc(-c3ccccc3)cc(-c3cnc(-c4ccc5c(c4)sc4ccc6c(c7ccccc7n6-c6ccccc6)c45)c(Cc4nc(-c5ccccc5)nc(-c5ccccc5)n4)c3)c2)cc1. The molecule has 0 saturated carbocycles. The molecule has 0 unspecified atom stereocenters. The fourth-order valence-electron chi connectivity index (χ4n) is 9.88. The Bertz CT molecular complexity index is 3900. The minimum absolute atomic E-state index is 0.437. The van der Waals surface area contributed by atoms with Gasteiger partial charge in [0.25, 0.3) is 0 Å². The molecule has 13 aromatic rings. The highest BCUT2D eigenvalue weighted by Gasteiger charge is 2.21. The van der Waals surface area contributed by atoms with Crippen molar-refractivity contribution in [3.05, 3.63) is 248 Å². The van der Waals surface area contributed by atoms with E-state index in [9.17, 15) is 0 Å². The third kappa shape index (κ3) is 7.44. The van der Waals surface area contributed by atoms with Crippen molar-refractivity contribution >= 4 is 53.3 Å². The summed E-state index contributed by atoms with van der Waals surface area (Å²) in [6.07, 6.45) is 2.47. The van der Waals surface area contributed by atoms with Crippen LogP contribution in [0, 0.1) is 0 Å². The van der Waals surface area contributed by atoms with E-state index in [4.69, 9.17) is 19.9 Å². The maximum atomic E-state index is 5.41. The second kappa shape index (κ2) is 17.1. The first kappa shape index (κ1) is 40.4. The first-order chi connectivity index (χ1) is 34.2. The molecule has 6 heteroatoms. The average molecular weight is 900 g/mol. The van der Waals surface area contributed by atoms with E-state index in [1.807, 2.05) is 53.9 Å². The molecule has 0 saturated heterocycles. The van der Waals surface area contributed by atoms with Crippen molar-refractivity contribution in [2.45, 2.75) is 6.42 Å². The van der Waals surface area contributed by atoms with Gasteiger partial charge in [-0.15, -0.1) is 11.3 Å². The van der Waals surface area contributed by atoms with Crippen LogP contribution >= 0.6 is 11.3 Å². The van der Waals surface area contributed by atoms with Crippen LogP contribution in [0.15, 0.2) is 237 Å². The standard InChI is InChI=1S/C63H41N5S/c1-6-18-41(19-7-1)46-34-47(42-20-8-2-9-21-42)36-48(35-46)50-37-49(39-58-65-62(43-22-10-3-11-23-43)67-63(66-58)44-24-12-4-13-25-44)61(64-40-50)45-30-31-53-57(38-45)69-56-33-32-55-59(60(53)56)52-28-16-17-29-54(52)68(55)51-26-14-5-15-27-51/h1-38,40H,39H2. The van der Waals surface area contributed by atoms with E-state index in [1.165, 1.54) is 42.0 Å². The van der Waals surface area contributed by atoms with Gasteiger partial charge in [-0.2, -0.15) is 0 Å². The molecule has 4 heterocycles. The largest absolute Gasteiger partial charge is 0.309 e. The first-order valence-electron chi connectivity index (χ1n) is 23.2. The molecule has 0 atom stereocenters. The van der Waals surface area contributed by atoms with Crippen LogP contribution in [-0.4, -0.2) is 24.5 Å². The number of thiophene rings is 1. The molecule has 69 heavy (non-hydrogen) atoms. The molecule has 324 valence electrons. The number of rotatable bonds is 9. The Morgan fingerprint density at radius 3 is 1.54 bits per heavy atom. The molecular formula is C63H41N5S. The molecule has 0 amide bonds. The van der Waals surface area contributed by atoms with Crippen molar-refractivity contribution in [3.63, 3.8) is 0 Å². The van der Waals surface area contributed by atoms with Crippen LogP contribution in [0.2, 0.25) is 0 Å². The van der Waals surface area contributed by atoms with E-state index in [0.29, 0.717) is 23.9 Å². The molecule has 13 rings (SSSR count). The zero-order chi connectivity index (χ0) is 45.7. The molecule has 0 aliphatic heterocycles. The Morgan fingerprint density at radius 2 is 0.913 bits per heavy atom. The summed E-state index contributed by atoms with van der Waals surface area (Å²) >= 11 is 1.84. The molecule has 0 bridgehead atoms. The van der Waals surface area contributed by atoms with Crippen molar-refractivity contribution in [2.24, 2.45) is 0 Å². The van der Waals surface area contributed by atoms with Crippen LogP contribution in [0.4, 0.5) is 0 Å². The third-order valence-corrected chi connectivity index (χ3v) is 14.2. The lowest BCUT2D eigenvalue weighted by molar-refractivity contribution is 0.930. The van der Waals surface area contributed by atoms with E-state index >= 15 is 0 Å². The van der Waals surface area contributed by atoms with Crippen LogP contribution in [0.3, 0.4) is 0 Å². The van der Waals surface area contributed by atoms with E-state index in [2.05, 4.69) is 199 Å². The third-order valence-electron chi connectivity index (χ3n) is 13.1.